The normalized spacial score (nSPS) is 14.1. The fourth-order valence-electron chi connectivity index (χ4n) is 4.91. The molecule has 3 aromatic carbocycles. The van der Waals surface area contributed by atoms with Crippen LogP contribution >= 0.6 is 31.9 Å². The molecule has 10 heteroatoms. The van der Waals surface area contributed by atoms with Gasteiger partial charge >= 0.3 is 5.97 Å². The molecular weight excluding hydrogens is 642 g/mol. The van der Waals surface area contributed by atoms with Crippen molar-refractivity contribution in [2.75, 3.05) is 7.11 Å². The van der Waals surface area contributed by atoms with Gasteiger partial charge in [-0.25, -0.2) is 9.78 Å². The Labute approximate surface area is 247 Å². The van der Waals surface area contributed by atoms with Gasteiger partial charge in [0, 0.05) is 20.4 Å². The van der Waals surface area contributed by atoms with Gasteiger partial charge in [-0.05, 0) is 60.9 Å². The minimum Gasteiger partial charge on any atom is -0.493 e. The van der Waals surface area contributed by atoms with Crippen LogP contribution in [0, 0.1) is 0 Å². The lowest BCUT2D eigenvalue weighted by Crippen LogP contribution is -2.25. The van der Waals surface area contributed by atoms with E-state index >= 15 is 0 Å². The van der Waals surface area contributed by atoms with Gasteiger partial charge in [0.05, 0.1) is 29.8 Å². The maximum atomic E-state index is 13.7. The van der Waals surface area contributed by atoms with Crippen molar-refractivity contribution in [3.63, 3.8) is 0 Å². The maximum absolute atomic E-state index is 13.7. The highest BCUT2D eigenvalue weighted by molar-refractivity contribution is 9.10. The van der Waals surface area contributed by atoms with E-state index in [-0.39, 0.29) is 23.6 Å². The largest absolute Gasteiger partial charge is 0.493 e. The van der Waals surface area contributed by atoms with Crippen molar-refractivity contribution < 1.29 is 19.4 Å². The average Bonchev–Trinajstić information content (AvgIpc) is 2.96. The van der Waals surface area contributed by atoms with Crippen molar-refractivity contribution in [3.8, 4) is 11.5 Å². The number of fused-ring (bicyclic) bond motifs is 1. The van der Waals surface area contributed by atoms with Crippen molar-refractivity contribution in [3.05, 3.63) is 96.4 Å². The first-order chi connectivity index (χ1) is 19.3. The predicted octanol–water partition coefficient (Wildman–Crippen LogP) is 7.14. The molecule has 0 spiro atoms. The molecule has 5 rings (SSSR count). The van der Waals surface area contributed by atoms with E-state index in [1.54, 1.807) is 37.6 Å². The zero-order valence-electron chi connectivity index (χ0n) is 21.8. The Morgan fingerprint density at radius 2 is 1.82 bits per heavy atom. The Morgan fingerprint density at radius 3 is 2.52 bits per heavy atom. The second-order valence-corrected chi connectivity index (χ2v) is 11.5. The molecule has 0 radical (unpaired) electrons. The molecule has 0 aliphatic heterocycles. The summed E-state index contributed by atoms with van der Waals surface area (Å²) < 4.78 is 14.7. The van der Waals surface area contributed by atoms with E-state index in [9.17, 15) is 9.59 Å². The number of carbonyl (C=O) groups is 1. The summed E-state index contributed by atoms with van der Waals surface area (Å²) in [5.74, 6) is 0.754. The van der Waals surface area contributed by atoms with Crippen LogP contribution in [-0.2, 0) is 6.61 Å². The lowest BCUT2D eigenvalue weighted by Gasteiger charge is -2.23. The summed E-state index contributed by atoms with van der Waals surface area (Å²) in [5, 5.41) is 14.3. The van der Waals surface area contributed by atoms with E-state index in [0.29, 0.717) is 33.8 Å². The van der Waals surface area contributed by atoms with Crippen molar-refractivity contribution in [2.24, 2.45) is 5.10 Å². The van der Waals surface area contributed by atoms with Gasteiger partial charge in [-0.2, -0.15) is 9.78 Å². The van der Waals surface area contributed by atoms with E-state index in [4.69, 9.17) is 19.6 Å². The van der Waals surface area contributed by atoms with E-state index in [1.165, 1.54) is 23.2 Å². The summed E-state index contributed by atoms with van der Waals surface area (Å²) in [4.78, 5) is 29.8. The quantitative estimate of drug-likeness (QED) is 0.200. The van der Waals surface area contributed by atoms with Crippen LogP contribution in [0.25, 0.3) is 10.9 Å². The zero-order chi connectivity index (χ0) is 28.2. The lowest BCUT2D eigenvalue weighted by molar-refractivity contribution is 0.0697. The Bertz CT molecular complexity index is 1640. The standard InChI is InChI=1S/C30H27Br2N3O5/c1-39-26-15-23(32)13-21(27(26)40-17-18-7-9-20(10-8-18)30(37)38)16-33-35-28(19-5-3-2-4-6-19)34-25-12-11-22(31)14-24(25)29(35)36/h7-16,19H,2-6,17H2,1H3,(H,37,38). The van der Waals surface area contributed by atoms with Crippen LogP contribution < -0.4 is 15.0 Å². The number of benzene rings is 3. The fourth-order valence-corrected chi connectivity index (χ4v) is 5.73. The molecule has 1 aromatic heterocycles. The summed E-state index contributed by atoms with van der Waals surface area (Å²) in [7, 11) is 1.55. The summed E-state index contributed by atoms with van der Waals surface area (Å²) in [5.41, 5.74) is 2.02. The second-order valence-electron chi connectivity index (χ2n) is 9.65. The summed E-state index contributed by atoms with van der Waals surface area (Å²) in [6.45, 7) is 0.178. The molecule has 1 aliphatic carbocycles. The molecule has 0 unspecified atom stereocenters. The first kappa shape index (κ1) is 28.0. The summed E-state index contributed by atoms with van der Waals surface area (Å²) in [6.07, 6.45) is 6.89. The Balaban J connectivity index is 1.55. The molecule has 0 saturated heterocycles. The van der Waals surface area contributed by atoms with E-state index < -0.39 is 5.97 Å². The molecule has 1 saturated carbocycles. The first-order valence-electron chi connectivity index (χ1n) is 12.9. The van der Waals surface area contributed by atoms with Crippen LogP contribution in [0.4, 0.5) is 0 Å². The number of carboxylic acids is 1. The molecular formula is C30H27Br2N3O5. The zero-order valence-corrected chi connectivity index (χ0v) is 24.9. The number of hydrogen-bond acceptors (Lipinski definition) is 6. The molecule has 8 nitrogen and oxygen atoms in total. The molecule has 1 aliphatic rings. The van der Waals surface area contributed by atoms with Gasteiger partial charge in [0.2, 0.25) is 0 Å². The molecule has 1 heterocycles. The maximum Gasteiger partial charge on any atom is 0.335 e. The Kier molecular flexibility index (Phi) is 8.66. The summed E-state index contributed by atoms with van der Waals surface area (Å²) >= 11 is 6.99. The third-order valence-electron chi connectivity index (χ3n) is 6.97. The minimum absolute atomic E-state index is 0.146. The van der Waals surface area contributed by atoms with Crippen LogP contribution in [-0.4, -0.2) is 34.1 Å². The van der Waals surface area contributed by atoms with Gasteiger partial charge in [-0.15, -0.1) is 0 Å². The van der Waals surface area contributed by atoms with E-state index in [2.05, 4.69) is 37.0 Å². The fraction of sp³-hybridized carbons (Fsp3) is 0.267. The molecule has 0 bridgehead atoms. The van der Waals surface area contributed by atoms with Crippen LogP contribution in [0.5, 0.6) is 11.5 Å². The molecule has 0 amide bonds. The van der Waals surface area contributed by atoms with Crippen molar-refractivity contribution in [2.45, 2.75) is 44.6 Å². The highest BCUT2D eigenvalue weighted by Gasteiger charge is 2.23. The number of nitrogens with zero attached hydrogens (tertiary/aromatic N) is 3. The molecule has 4 aromatic rings. The highest BCUT2D eigenvalue weighted by atomic mass is 79.9. The van der Waals surface area contributed by atoms with Gasteiger partial charge < -0.3 is 14.6 Å². The predicted molar refractivity (Wildman–Crippen MR) is 161 cm³/mol. The average molecular weight is 669 g/mol. The van der Waals surface area contributed by atoms with Crippen molar-refractivity contribution >= 4 is 54.9 Å². The number of halogens is 2. The number of methoxy groups -OCH3 is 1. The monoisotopic (exact) mass is 667 g/mol. The number of hydrogen-bond donors (Lipinski definition) is 1. The van der Waals surface area contributed by atoms with E-state index in [0.717, 1.165) is 40.2 Å². The van der Waals surface area contributed by atoms with Crippen molar-refractivity contribution in [1.82, 2.24) is 9.66 Å². The number of aromatic carboxylic acids is 1. The molecule has 1 fully saturated rings. The topological polar surface area (TPSA) is 103 Å². The van der Waals surface area contributed by atoms with Crippen LogP contribution in [0.1, 0.15) is 65.3 Å². The van der Waals surface area contributed by atoms with Gasteiger partial charge in [0.15, 0.2) is 11.5 Å². The molecule has 206 valence electrons. The number of aromatic nitrogens is 2. The van der Waals surface area contributed by atoms with Crippen molar-refractivity contribution in [1.29, 1.82) is 0 Å². The Morgan fingerprint density at radius 1 is 1.07 bits per heavy atom. The molecule has 1 N–H and O–H groups in total. The third kappa shape index (κ3) is 6.13. The number of rotatable bonds is 8. The SMILES string of the molecule is COc1cc(Br)cc(C=Nn2c(C3CCCCC3)nc3ccc(Br)cc3c2=O)c1OCc1ccc(C(=O)O)cc1. The molecule has 40 heavy (non-hydrogen) atoms. The first-order valence-corrected chi connectivity index (χ1v) is 14.5. The number of ether oxygens (including phenoxy) is 2. The summed E-state index contributed by atoms with van der Waals surface area (Å²) in [6, 6.07) is 15.6. The third-order valence-corrected chi connectivity index (χ3v) is 7.92. The Hall–Kier alpha value is -3.50. The minimum atomic E-state index is -0.987. The molecule has 0 atom stereocenters. The lowest BCUT2D eigenvalue weighted by atomic mass is 9.88. The van der Waals surface area contributed by atoms with Gasteiger partial charge in [-0.1, -0.05) is 63.3 Å². The highest BCUT2D eigenvalue weighted by Crippen LogP contribution is 2.35. The van der Waals surface area contributed by atoms with Gasteiger partial charge in [-0.3, -0.25) is 4.79 Å². The number of carboxylic acid groups (broad SMARTS) is 1. The smallest absolute Gasteiger partial charge is 0.335 e. The van der Waals surface area contributed by atoms with Crippen LogP contribution in [0.2, 0.25) is 0 Å². The van der Waals surface area contributed by atoms with Crippen LogP contribution in [0.15, 0.2) is 73.4 Å². The van der Waals surface area contributed by atoms with E-state index in [1.807, 2.05) is 18.2 Å². The second kappa shape index (κ2) is 12.3. The van der Waals surface area contributed by atoms with Crippen LogP contribution in [0.3, 0.4) is 0 Å². The van der Waals surface area contributed by atoms with Gasteiger partial charge in [0.25, 0.3) is 5.56 Å². The van der Waals surface area contributed by atoms with Gasteiger partial charge in [0.1, 0.15) is 12.4 Å².